The number of hydrogen-bond donors (Lipinski definition) is 2. The van der Waals surface area contributed by atoms with Gasteiger partial charge in [-0.15, -0.1) is 0 Å². The highest BCUT2D eigenvalue weighted by Gasteiger charge is 2.29. The number of ether oxygens (including phenoxy) is 1. The molecule has 2 N–H and O–H groups in total. The van der Waals surface area contributed by atoms with Crippen LogP contribution in [0, 0.1) is 5.92 Å². The van der Waals surface area contributed by atoms with E-state index >= 15 is 0 Å². The highest BCUT2D eigenvalue weighted by atomic mass is 35.5. The van der Waals surface area contributed by atoms with Crippen molar-refractivity contribution in [3.8, 4) is 0 Å². The van der Waals surface area contributed by atoms with E-state index in [1.165, 1.54) is 0 Å². The summed E-state index contributed by atoms with van der Waals surface area (Å²) >= 11 is 6.06. The zero-order valence-electron chi connectivity index (χ0n) is 10.9. The fraction of sp³-hybridized carbons (Fsp3) is 0.500. The molecule has 1 heterocycles. The molecule has 5 heteroatoms. The standard InChI is InChI=1S/C14H18ClNO3/c1-14(18,11-4-2-3-5-12(11)15)9-16-13(17)10-6-7-19-8-10/h2-5,10,18H,6-9H2,1H3,(H,16,17)/t10-,14-/m0/s1. The number of rotatable bonds is 4. The van der Waals surface area contributed by atoms with Crippen molar-refractivity contribution < 1.29 is 14.6 Å². The van der Waals surface area contributed by atoms with Crippen LogP contribution < -0.4 is 5.32 Å². The first-order valence-corrected chi connectivity index (χ1v) is 6.71. The molecule has 0 radical (unpaired) electrons. The van der Waals surface area contributed by atoms with Crippen LogP contribution in [0.2, 0.25) is 5.02 Å². The molecule has 0 bridgehead atoms. The van der Waals surface area contributed by atoms with Gasteiger partial charge in [0.25, 0.3) is 0 Å². The fourth-order valence-corrected chi connectivity index (χ4v) is 2.48. The van der Waals surface area contributed by atoms with Gasteiger partial charge in [-0.2, -0.15) is 0 Å². The second-order valence-corrected chi connectivity index (χ2v) is 5.44. The molecule has 1 aliphatic heterocycles. The number of carbonyl (C=O) groups excluding carboxylic acids is 1. The molecule has 1 aliphatic rings. The van der Waals surface area contributed by atoms with Gasteiger partial charge in [0.05, 0.1) is 19.1 Å². The summed E-state index contributed by atoms with van der Waals surface area (Å²) in [5.41, 5.74) is -0.576. The van der Waals surface area contributed by atoms with Crippen molar-refractivity contribution in [1.82, 2.24) is 5.32 Å². The van der Waals surface area contributed by atoms with Crippen LogP contribution in [0.15, 0.2) is 24.3 Å². The topological polar surface area (TPSA) is 58.6 Å². The molecule has 0 spiro atoms. The van der Waals surface area contributed by atoms with E-state index in [1.807, 2.05) is 6.07 Å². The van der Waals surface area contributed by atoms with Crippen LogP contribution in [0.25, 0.3) is 0 Å². The van der Waals surface area contributed by atoms with E-state index in [2.05, 4.69) is 5.32 Å². The van der Waals surface area contributed by atoms with Gasteiger partial charge in [0, 0.05) is 17.2 Å². The maximum absolute atomic E-state index is 11.9. The molecule has 1 aromatic carbocycles. The highest BCUT2D eigenvalue weighted by Crippen LogP contribution is 2.27. The Labute approximate surface area is 117 Å². The molecule has 1 saturated heterocycles. The summed E-state index contributed by atoms with van der Waals surface area (Å²) in [6, 6.07) is 7.09. The molecule has 4 nitrogen and oxygen atoms in total. The van der Waals surface area contributed by atoms with Crippen molar-refractivity contribution in [1.29, 1.82) is 0 Å². The largest absolute Gasteiger partial charge is 0.384 e. The molecule has 104 valence electrons. The lowest BCUT2D eigenvalue weighted by atomic mass is 9.95. The summed E-state index contributed by atoms with van der Waals surface area (Å²) in [6.45, 7) is 2.85. The Hall–Kier alpha value is -1.10. The molecule has 1 amide bonds. The summed E-state index contributed by atoms with van der Waals surface area (Å²) in [4.78, 5) is 11.9. The number of nitrogens with one attached hydrogen (secondary N) is 1. The Bertz CT molecular complexity index is 456. The van der Waals surface area contributed by atoms with E-state index in [4.69, 9.17) is 16.3 Å². The molecule has 0 unspecified atom stereocenters. The second kappa shape index (κ2) is 5.90. The van der Waals surface area contributed by atoms with Crippen LogP contribution in [0.1, 0.15) is 18.9 Å². The van der Waals surface area contributed by atoms with Crippen molar-refractivity contribution in [2.45, 2.75) is 18.9 Å². The molecular formula is C14H18ClNO3. The van der Waals surface area contributed by atoms with Gasteiger partial charge in [0.1, 0.15) is 5.60 Å². The molecule has 2 atom stereocenters. The Morgan fingerprint density at radius 3 is 2.95 bits per heavy atom. The van der Waals surface area contributed by atoms with Gasteiger partial charge in [-0.05, 0) is 19.4 Å². The molecule has 0 aromatic heterocycles. The second-order valence-electron chi connectivity index (χ2n) is 5.03. The van der Waals surface area contributed by atoms with Gasteiger partial charge in [-0.25, -0.2) is 0 Å². The first-order valence-electron chi connectivity index (χ1n) is 6.33. The van der Waals surface area contributed by atoms with Gasteiger partial charge in [-0.1, -0.05) is 29.8 Å². The number of aliphatic hydroxyl groups is 1. The molecule has 0 aliphatic carbocycles. The number of benzene rings is 1. The maximum atomic E-state index is 11.9. The van der Waals surface area contributed by atoms with Crippen LogP contribution in [0.4, 0.5) is 0 Å². The normalized spacial score (nSPS) is 21.9. The lowest BCUT2D eigenvalue weighted by Gasteiger charge is -2.25. The number of hydrogen-bond acceptors (Lipinski definition) is 3. The first-order chi connectivity index (χ1) is 9.00. The van der Waals surface area contributed by atoms with Gasteiger partial charge in [0.2, 0.25) is 5.91 Å². The lowest BCUT2D eigenvalue weighted by molar-refractivity contribution is -0.126. The summed E-state index contributed by atoms with van der Waals surface area (Å²) in [6.07, 6.45) is 0.736. The minimum Gasteiger partial charge on any atom is -0.384 e. The van der Waals surface area contributed by atoms with Gasteiger partial charge >= 0.3 is 0 Å². The summed E-state index contributed by atoms with van der Waals surface area (Å²) in [7, 11) is 0. The molecule has 19 heavy (non-hydrogen) atoms. The smallest absolute Gasteiger partial charge is 0.225 e. The van der Waals surface area contributed by atoms with Gasteiger partial charge < -0.3 is 15.2 Å². The molecule has 0 saturated carbocycles. The fourth-order valence-electron chi connectivity index (χ4n) is 2.14. The monoisotopic (exact) mass is 283 g/mol. The Balaban J connectivity index is 1.97. The van der Waals surface area contributed by atoms with Crippen molar-refractivity contribution in [3.63, 3.8) is 0 Å². The zero-order chi connectivity index (χ0) is 13.9. The number of halogens is 1. The SMILES string of the molecule is C[C@](O)(CNC(=O)[C@H]1CCOC1)c1ccccc1Cl. The molecule has 1 fully saturated rings. The van der Waals surface area contributed by atoms with Crippen molar-refractivity contribution in [3.05, 3.63) is 34.9 Å². The number of amides is 1. The van der Waals surface area contributed by atoms with E-state index in [0.29, 0.717) is 23.8 Å². The third-order valence-electron chi connectivity index (χ3n) is 3.36. The van der Waals surface area contributed by atoms with E-state index in [0.717, 1.165) is 6.42 Å². The van der Waals surface area contributed by atoms with Crippen LogP contribution in [-0.2, 0) is 15.1 Å². The highest BCUT2D eigenvalue weighted by molar-refractivity contribution is 6.31. The van der Waals surface area contributed by atoms with Crippen molar-refractivity contribution in [2.24, 2.45) is 5.92 Å². The van der Waals surface area contributed by atoms with Crippen LogP contribution in [0.3, 0.4) is 0 Å². The average molecular weight is 284 g/mol. The molecule has 1 aromatic rings. The zero-order valence-corrected chi connectivity index (χ0v) is 11.6. The maximum Gasteiger partial charge on any atom is 0.225 e. The summed E-state index contributed by atoms with van der Waals surface area (Å²) < 4.78 is 5.17. The quantitative estimate of drug-likeness (QED) is 0.884. The summed E-state index contributed by atoms with van der Waals surface area (Å²) in [5, 5.41) is 13.7. The van der Waals surface area contributed by atoms with Gasteiger partial charge in [-0.3, -0.25) is 4.79 Å². The Morgan fingerprint density at radius 2 is 2.32 bits per heavy atom. The van der Waals surface area contributed by atoms with Crippen LogP contribution in [0.5, 0.6) is 0 Å². The third-order valence-corrected chi connectivity index (χ3v) is 3.69. The van der Waals surface area contributed by atoms with E-state index in [1.54, 1.807) is 25.1 Å². The minimum absolute atomic E-state index is 0.0789. The molecule has 2 rings (SSSR count). The van der Waals surface area contributed by atoms with E-state index < -0.39 is 5.60 Å². The average Bonchev–Trinajstić information content (AvgIpc) is 2.90. The van der Waals surface area contributed by atoms with E-state index in [-0.39, 0.29) is 18.4 Å². The predicted octanol–water partition coefficient (Wildman–Crippen LogP) is 1.70. The van der Waals surface area contributed by atoms with Crippen LogP contribution in [-0.4, -0.2) is 30.8 Å². The Morgan fingerprint density at radius 1 is 1.58 bits per heavy atom. The van der Waals surface area contributed by atoms with Crippen molar-refractivity contribution in [2.75, 3.05) is 19.8 Å². The van der Waals surface area contributed by atoms with E-state index in [9.17, 15) is 9.90 Å². The number of carbonyl (C=O) groups is 1. The third kappa shape index (κ3) is 3.47. The summed E-state index contributed by atoms with van der Waals surface area (Å²) in [5.74, 6) is -0.188. The van der Waals surface area contributed by atoms with Gasteiger partial charge in [0.15, 0.2) is 0 Å². The lowest BCUT2D eigenvalue weighted by Crippen LogP contribution is -2.41. The molecular weight excluding hydrogens is 266 g/mol. The first kappa shape index (κ1) is 14.3. The van der Waals surface area contributed by atoms with Crippen molar-refractivity contribution >= 4 is 17.5 Å². The Kier molecular flexibility index (Phi) is 4.45. The van der Waals surface area contributed by atoms with Crippen LogP contribution >= 0.6 is 11.6 Å². The predicted molar refractivity (Wildman–Crippen MR) is 73.0 cm³/mol. The minimum atomic E-state index is -1.19.